The Balaban J connectivity index is 1.89. The van der Waals surface area contributed by atoms with E-state index in [-0.39, 0.29) is 22.6 Å². The molecule has 1 atom stereocenters. The SMILES string of the molecule is C[C@@H](SCC(=O)Nc1ccc(Cl)cc1)c1cccc([N+](=O)[O-])c1. The number of carbonyl (C=O) groups is 1. The second-order valence-corrected chi connectivity index (χ2v) is 6.63. The Kier molecular flexibility index (Phi) is 6.01. The van der Waals surface area contributed by atoms with Gasteiger partial charge in [0, 0.05) is 28.1 Å². The van der Waals surface area contributed by atoms with Crippen molar-refractivity contribution < 1.29 is 9.72 Å². The number of carbonyl (C=O) groups excluding carboxylic acids is 1. The second-order valence-electron chi connectivity index (χ2n) is 4.86. The number of benzene rings is 2. The summed E-state index contributed by atoms with van der Waals surface area (Å²) in [6, 6.07) is 13.3. The Labute approximate surface area is 143 Å². The van der Waals surface area contributed by atoms with Gasteiger partial charge < -0.3 is 5.32 Å². The van der Waals surface area contributed by atoms with Crippen molar-refractivity contribution in [1.82, 2.24) is 0 Å². The first-order valence-electron chi connectivity index (χ1n) is 6.87. The summed E-state index contributed by atoms with van der Waals surface area (Å²) in [6.07, 6.45) is 0. The fourth-order valence-corrected chi connectivity index (χ4v) is 2.86. The van der Waals surface area contributed by atoms with Crippen molar-refractivity contribution in [3.63, 3.8) is 0 Å². The number of non-ortho nitro benzene ring substituents is 1. The lowest BCUT2D eigenvalue weighted by molar-refractivity contribution is -0.384. The summed E-state index contributed by atoms with van der Waals surface area (Å²) in [5, 5.41) is 14.2. The smallest absolute Gasteiger partial charge is 0.269 e. The molecule has 0 unspecified atom stereocenters. The first kappa shape index (κ1) is 17.3. The van der Waals surface area contributed by atoms with Crippen molar-refractivity contribution in [1.29, 1.82) is 0 Å². The fraction of sp³-hybridized carbons (Fsp3) is 0.188. The minimum Gasteiger partial charge on any atom is -0.325 e. The highest BCUT2D eigenvalue weighted by Crippen LogP contribution is 2.30. The molecular formula is C16H15ClN2O3S. The molecule has 5 nitrogen and oxygen atoms in total. The molecule has 0 bridgehead atoms. The van der Waals surface area contributed by atoms with E-state index in [4.69, 9.17) is 11.6 Å². The van der Waals surface area contributed by atoms with Gasteiger partial charge in [-0.2, -0.15) is 0 Å². The van der Waals surface area contributed by atoms with Crippen molar-refractivity contribution in [2.75, 3.05) is 11.1 Å². The van der Waals surface area contributed by atoms with E-state index in [0.717, 1.165) is 5.56 Å². The number of hydrogen-bond donors (Lipinski definition) is 1. The molecule has 0 spiro atoms. The summed E-state index contributed by atoms with van der Waals surface area (Å²) in [5.41, 5.74) is 1.56. The minimum absolute atomic E-state index is 0.0223. The predicted molar refractivity (Wildman–Crippen MR) is 94.1 cm³/mol. The van der Waals surface area contributed by atoms with Crippen LogP contribution in [0.1, 0.15) is 17.7 Å². The van der Waals surface area contributed by atoms with Crippen LogP contribution in [0.4, 0.5) is 11.4 Å². The van der Waals surface area contributed by atoms with Crippen molar-refractivity contribution in [3.05, 3.63) is 69.2 Å². The van der Waals surface area contributed by atoms with Gasteiger partial charge in [0.15, 0.2) is 0 Å². The van der Waals surface area contributed by atoms with Crippen LogP contribution in [0, 0.1) is 10.1 Å². The van der Waals surface area contributed by atoms with Gasteiger partial charge in [0.05, 0.1) is 10.7 Å². The lowest BCUT2D eigenvalue weighted by Gasteiger charge is -2.11. The molecule has 0 fully saturated rings. The quantitative estimate of drug-likeness (QED) is 0.606. The van der Waals surface area contributed by atoms with Crippen LogP contribution in [0.3, 0.4) is 0 Å². The van der Waals surface area contributed by atoms with Gasteiger partial charge in [-0.05, 0) is 36.8 Å². The first-order valence-corrected chi connectivity index (χ1v) is 8.30. The summed E-state index contributed by atoms with van der Waals surface area (Å²) in [7, 11) is 0. The number of nitrogens with one attached hydrogen (secondary N) is 1. The van der Waals surface area contributed by atoms with E-state index in [2.05, 4.69) is 5.32 Å². The zero-order valence-electron chi connectivity index (χ0n) is 12.4. The van der Waals surface area contributed by atoms with Crippen LogP contribution >= 0.6 is 23.4 Å². The number of nitro groups is 1. The standard InChI is InChI=1S/C16H15ClN2O3S/c1-11(12-3-2-4-15(9-12)19(21)22)23-10-16(20)18-14-7-5-13(17)6-8-14/h2-9,11H,10H2,1H3,(H,18,20)/t11-/m1/s1. The molecule has 2 rings (SSSR count). The maximum atomic E-state index is 11.9. The van der Waals surface area contributed by atoms with E-state index < -0.39 is 4.92 Å². The minimum atomic E-state index is -0.422. The molecule has 0 saturated heterocycles. The highest BCUT2D eigenvalue weighted by atomic mass is 35.5. The molecule has 7 heteroatoms. The summed E-state index contributed by atoms with van der Waals surface area (Å²) in [4.78, 5) is 22.3. The number of thioether (sulfide) groups is 1. The van der Waals surface area contributed by atoms with Gasteiger partial charge in [-0.15, -0.1) is 11.8 Å². The Bertz CT molecular complexity index is 707. The lowest BCUT2D eigenvalue weighted by atomic mass is 10.1. The summed E-state index contributed by atoms with van der Waals surface area (Å²) in [5.74, 6) is 0.126. The molecule has 0 aliphatic heterocycles. The molecule has 0 aliphatic rings. The highest BCUT2D eigenvalue weighted by molar-refractivity contribution is 8.00. The van der Waals surface area contributed by atoms with Gasteiger partial charge in [-0.3, -0.25) is 14.9 Å². The summed E-state index contributed by atoms with van der Waals surface area (Å²) >= 11 is 7.21. The number of amides is 1. The van der Waals surface area contributed by atoms with E-state index >= 15 is 0 Å². The lowest BCUT2D eigenvalue weighted by Crippen LogP contribution is -2.14. The molecule has 2 aromatic carbocycles. The summed E-state index contributed by atoms with van der Waals surface area (Å²) < 4.78 is 0. The number of nitro benzene ring substituents is 1. The van der Waals surface area contributed by atoms with Gasteiger partial charge in [-0.1, -0.05) is 23.7 Å². The van der Waals surface area contributed by atoms with Crippen molar-refractivity contribution in [2.45, 2.75) is 12.2 Å². The third-order valence-electron chi connectivity index (χ3n) is 3.14. The van der Waals surface area contributed by atoms with E-state index in [0.29, 0.717) is 10.7 Å². The normalized spacial score (nSPS) is 11.7. The van der Waals surface area contributed by atoms with Gasteiger partial charge >= 0.3 is 0 Å². The van der Waals surface area contributed by atoms with Crippen LogP contribution in [0.2, 0.25) is 5.02 Å². The average Bonchev–Trinajstić information content (AvgIpc) is 2.55. The fourth-order valence-electron chi connectivity index (χ4n) is 1.92. The van der Waals surface area contributed by atoms with Crippen LogP contribution in [0.25, 0.3) is 0 Å². The molecular weight excluding hydrogens is 336 g/mol. The van der Waals surface area contributed by atoms with E-state index in [1.165, 1.54) is 23.9 Å². The molecule has 0 aromatic heterocycles. The maximum Gasteiger partial charge on any atom is 0.269 e. The monoisotopic (exact) mass is 350 g/mol. The summed E-state index contributed by atoms with van der Waals surface area (Å²) in [6.45, 7) is 1.92. The average molecular weight is 351 g/mol. The van der Waals surface area contributed by atoms with Crippen molar-refractivity contribution in [2.24, 2.45) is 0 Å². The van der Waals surface area contributed by atoms with Gasteiger partial charge in [0.25, 0.3) is 5.69 Å². The molecule has 0 radical (unpaired) electrons. The Morgan fingerprint density at radius 3 is 2.65 bits per heavy atom. The number of nitrogens with zero attached hydrogens (tertiary/aromatic N) is 1. The Hall–Kier alpha value is -2.05. The molecule has 23 heavy (non-hydrogen) atoms. The Morgan fingerprint density at radius 1 is 1.30 bits per heavy atom. The molecule has 1 N–H and O–H groups in total. The van der Waals surface area contributed by atoms with Gasteiger partial charge in [-0.25, -0.2) is 0 Å². The second kappa shape index (κ2) is 7.99. The largest absolute Gasteiger partial charge is 0.325 e. The van der Waals surface area contributed by atoms with Crippen LogP contribution in [0.15, 0.2) is 48.5 Å². The number of halogens is 1. The number of anilines is 1. The zero-order valence-corrected chi connectivity index (χ0v) is 13.9. The van der Waals surface area contributed by atoms with E-state index in [9.17, 15) is 14.9 Å². The molecule has 2 aromatic rings. The topological polar surface area (TPSA) is 72.2 Å². The van der Waals surface area contributed by atoms with Gasteiger partial charge in [0.2, 0.25) is 5.91 Å². The van der Waals surface area contributed by atoms with Gasteiger partial charge in [0.1, 0.15) is 0 Å². The predicted octanol–water partition coefficient (Wildman–Crippen LogP) is 4.68. The third-order valence-corrected chi connectivity index (χ3v) is 4.60. The molecule has 0 saturated carbocycles. The van der Waals surface area contributed by atoms with Crippen LogP contribution in [-0.2, 0) is 4.79 Å². The molecule has 1 amide bonds. The number of hydrogen-bond acceptors (Lipinski definition) is 4. The van der Waals surface area contributed by atoms with Crippen LogP contribution < -0.4 is 5.32 Å². The molecule has 0 aliphatic carbocycles. The van der Waals surface area contributed by atoms with E-state index in [1.807, 2.05) is 13.0 Å². The van der Waals surface area contributed by atoms with Crippen LogP contribution in [0.5, 0.6) is 0 Å². The van der Waals surface area contributed by atoms with E-state index in [1.54, 1.807) is 30.3 Å². The zero-order chi connectivity index (χ0) is 16.8. The van der Waals surface area contributed by atoms with Crippen LogP contribution in [-0.4, -0.2) is 16.6 Å². The first-order chi connectivity index (χ1) is 11.0. The molecule has 120 valence electrons. The highest BCUT2D eigenvalue weighted by Gasteiger charge is 2.13. The Morgan fingerprint density at radius 2 is 2.00 bits per heavy atom. The number of rotatable bonds is 6. The third kappa shape index (κ3) is 5.26. The molecule has 0 heterocycles. The van der Waals surface area contributed by atoms with Crippen molar-refractivity contribution >= 4 is 40.6 Å². The van der Waals surface area contributed by atoms with Crippen molar-refractivity contribution in [3.8, 4) is 0 Å². The maximum absolute atomic E-state index is 11.9.